The number of pyridine rings is 1. The zero-order valence-corrected chi connectivity index (χ0v) is 14.2. The molecule has 130 valence electrons. The zero-order valence-electron chi connectivity index (χ0n) is 14.2. The smallest absolute Gasteiger partial charge is 0.226 e. The van der Waals surface area contributed by atoms with Crippen LogP contribution in [-0.4, -0.2) is 41.5 Å². The molecule has 3 heterocycles. The molecule has 3 rings (SSSR count). The number of nitrogens with one attached hydrogen (secondary N) is 1. The molecular weight excluding hydrogens is 306 g/mol. The number of ether oxygens (including phenoxy) is 1. The molecule has 0 saturated carbocycles. The van der Waals surface area contributed by atoms with Gasteiger partial charge in [-0.05, 0) is 37.3 Å². The number of amides is 2. The van der Waals surface area contributed by atoms with E-state index in [4.69, 9.17) is 4.74 Å². The molecule has 24 heavy (non-hydrogen) atoms. The minimum atomic E-state index is -0.0527. The molecule has 2 saturated heterocycles. The van der Waals surface area contributed by atoms with Crippen molar-refractivity contribution >= 4 is 11.8 Å². The fourth-order valence-electron chi connectivity index (χ4n) is 3.48. The van der Waals surface area contributed by atoms with E-state index in [0.717, 1.165) is 43.5 Å². The summed E-state index contributed by atoms with van der Waals surface area (Å²) in [5.74, 6) is 0.298. The van der Waals surface area contributed by atoms with Crippen LogP contribution < -0.4 is 5.32 Å². The number of rotatable bonds is 4. The molecule has 0 aliphatic carbocycles. The van der Waals surface area contributed by atoms with Gasteiger partial charge >= 0.3 is 0 Å². The van der Waals surface area contributed by atoms with Gasteiger partial charge in [-0.25, -0.2) is 0 Å². The Kier molecular flexibility index (Phi) is 5.45. The molecule has 1 N–H and O–H groups in total. The lowest BCUT2D eigenvalue weighted by molar-refractivity contribution is -0.139. The highest BCUT2D eigenvalue weighted by molar-refractivity contribution is 5.79. The average Bonchev–Trinajstić information content (AvgIpc) is 3.10. The van der Waals surface area contributed by atoms with Crippen LogP contribution in [0.15, 0.2) is 18.3 Å². The largest absolute Gasteiger partial charge is 0.381 e. The molecule has 0 radical (unpaired) electrons. The Balaban J connectivity index is 1.66. The Morgan fingerprint density at radius 1 is 1.29 bits per heavy atom. The third kappa shape index (κ3) is 3.93. The maximum atomic E-state index is 12.8. The number of likely N-dealkylation sites (tertiary alicyclic amines) is 1. The second-order valence-corrected chi connectivity index (χ2v) is 6.58. The van der Waals surface area contributed by atoms with E-state index in [9.17, 15) is 9.59 Å². The summed E-state index contributed by atoms with van der Waals surface area (Å²) in [6.45, 7) is 4.17. The summed E-state index contributed by atoms with van der Waals surface area (Å²) in [7, 11) is 0. The van der Waals surface area contributed by atoms with Crippen molar-refractivity contribution in [2.75, 3.05) is 19.8 Å². The lowest BCUT2D eigenvalue weighted by Gasteiger charge is -2.30. The standard InChI is InChI=1S/C18H25N3O3/c1-13(22)19-11-14-4-5-16(20-12-14)17-3-2-8-21(17)18(23)15-6-9-24-10-7-15/h4-5,12,15,17H,2-3,6-11H2,1H3,(H,19,22)/t17-/m0/s1. The third-order valence-electron chi connectivity index (χ3n) is 4.84. The van der Waals surface area contributed by atoms with Crippen LogP contribution in [0.3, 0.4) is 0 Å². The zero-order chi connectivity index (χ0) is 16.9. The molecule has 2 fully saturated rings. The van der Waals surface area contributed by atoms with Gasteiger partial charge in [0.1, 0.15) is 0 Å². The summed E-state index contributed by atoms with van der Waals surface area (Å²) < 4.78 is 5.36. The Morgan fingerprint density at radius 3 is 2.75 bits per heavy atom. The molecule has 0 spiro atoms. The summed E-state index contributed by atoms with van der Waals surface area (Å²) in [5.41, 5.74) is 1.91. The van der Waals surface area contributed by atoms with Crippen molar-refractivity contribution in [2.45, 2.75) is 45.2 Å². The molecule has 0 unspecified atom stereocenters. The fraction of sp³-hybridized carbons (Fsp3) is 0.611. The first-order chi connectivity index (χ1) is 11.6. The molecule has 6 heteroatoms. The normalized spacial score (nSPS) is 21.7. The van der Waals surface area contributed by atoms with Gasteiger partial charge in [0.25, 0.3) is 0 Å². The number of aromatic nitrogens is 1. The summed E-state index contributed by atoms with van der Waals surface area (Å²) >= 11 is 0. The lowest BCUT2D eigenvalue weighted by atomic mass is 9.98. The van der Waals surface area contributed by atoms with Crippen LogP contribution in [-0.2, 0) is 20.9 Å². The lowest BCUT2D eigenvalue weighted by Crippen LogP contribution is -2.38. The molecule has 0 aromatic carbocycles. The highest BCUT2D eigenvalue weighted by Gasteiger charge is 2.35. The minimum absolute atomic E-state index is 0.0527. The molecule has 1 aromatic heterocycles. The van der Waals surface area contributed by atoms with E-state index in [2.05, 4.69) is 10.3 Å². The summed E-state index contributed by atoms with van der Waals surface area (Å²) in [4.78, 5) is 30.4. The molecule has 6 nitrogen and oxygen atoms in total. The van der Waals surface area contributed by atoms with Crippen LogP contribution in [0.2, 0.25) is 0 Å². The van der Waals surface area contributed by atoms with Crippen LogP contribution >= 0.6 is 0 Å². The van der Waals surface area contributed by atoms with Crippen LogP contribution in [0.1, 0.15) is 49.9 Å². The monoisotopic (exact) mass is 331 g/mol. The predicted molar refractivity (Wildman–Crippen MR) is 89.0 cm³/mol. The van der Waals surface area contributed by atoms with Gasteiger partial charge < -0.3 is 15.0 Å². The number of carbonyl (C=O) groups is 2. The van der Waals surface area contributed by atoms with Crippen molar-refractivity contribution in [3.8, 4) is 0 Å². The van der Waals surface area contributed by atoms with Gasteiger partial charge in [-0.15, -0.1) is 0 Å². The summed E-state index contributed by atoms with van der Waals surface area (Å²) in [6, 6.07) is 4.04. The average molecular weight is 331 g/mol. The maximum absolute atomic E-state index is 12.8. The molecular formula is C18H25N3O3. The molecule has 0 bridgehead atoms. The van der Waals surface area contributed by atoms with Crippen molar-refractivity contribution in [3.63, 3.8) is 0 Å². The number of hydrogen-bond acceptors (Lipinski definition) is 4. The van der Waals surface area contributed by atoms with Crippen LogP contribution in [0.4, 0.5) is 0 Å². The van der Waals surface area contributed by atoms with Gasteiger partial charge in [-0.2, -0.15) is 0 Å². The highest BCUT2D eigenvalue weighted by Crippen LogP contribution is 2.33. The molecule has 1 aromatic rings. The van der Waals surface area contributed by atoms with E-state index in [1.807, 2.05) is 17.0 Å². The first-order valence-electron chi connectivity index (χ1n) is 8.72. The maximum Gasteiger partial charge on any atom is 0.226 e. The van der Waals surface area contributed by atoms with Crippen LogP contribution in [0.5, 0.6) is 0 Å². The van der Waals surface area contributed by atoms with E-state index >= 15 is 0 Å². The van der Waals surface area contributed by atoms with Gasteiger partial charge in [-0.3, -0.25) is 14.6 Å². The van der Waals surface area contributed by atoms with Crippen molar-refractivity contribution < 1.29 is 14.3 Å². The number of nitrogens with zero attached hydrogens (tertiary/aromatic N) is 2. The van der Waals surface area contributed by atoms with Gasteiger partial charge in [0.05, 0.1) is 11.7 Å². The highest BCUT2D eigenvalue weighted by atomic mass is 16.5. The molecule has 1 atom stereocenters. The second kappa shape index (κ2) is 7.75. The van der Waals surface area contributed by atoms with E-state index in [1.165, 1.54) is 6.92 Å². The first kappa shape index (κ1) is 16.9. The topological polar surface area (TPSA) is 71.5 Å². The SMILES string of the molecule is CC(=O)NCc1ccc([C@@H]2CCCN2C(=O)C2CCOCC2)nc1. The first-order valence-corrected chi connectivity index (χ1v) is 8.72. The minimum Gasteiger partial charge on any atom is -0.381 e. The Labute approximate surface area is 142 Å². The molecule has 2 amide bonds. The Bertz CT molecular complexity index is 582. The van der Waals surface area contributed by atoms with E-state index in [-0.39, 0.29) is 23.8 Å². The van der Waals surface area contributed by atoms with Gasteiger partial charge in [0.15, 0.2) is 0 Å². The molecule has 2 aliphatic rings. The number of carbonyl (C=O) groups excluding carboxylic acids is 2. The van der Waals surface area contributed by atoms with E-state index in [1.54, 1.807) is 6.20 Å². The van der Waals surface area contributed by atoms with Gasteiger partial charge in [0.2, 0.25) is 11.8 Å². The predicted octanol–water partition coefficient (Wildman–Crippen LogP) is 1.81. The van der Waals surface area contributed by atoms with Crippen molar-refractivity contribution in [2.24, 2.45) is 5.92 Å². The van der Waals surface area contributed by atoms with Gasteiger partial charge in [0, 0.05) is 45.3 Å². The van der Waals surface area contributed by atoms with E-state index < -0.39 is 0 Å². The van der Waals surface area contributed by atoms with E-state index in [0.29, 0.717) is 19.8 Å². The van der Waals surface area contributed by atoms with Crippen molar-refractivity contribution in [1.82, 2.24) is 15.2 Å². The number of hydrogen-bond donors (Lipinski definition) is 1. The second-order valence-electron chi connectivity index (χ2n) is 6.58. The van der Waals surface area contributed by atoms with Crippen LogP contribution in [0.25, 0.3) is 0 Å². The third-order valence-corrected chi connectivity index (χ3v) is 4.84. The Morgan fingerprint density at radius 2 is 2.08 bits per heavy atom. The Hall–Kier alpha value is -1.95. The summed E-state index contributed by atoms with van der Waals surface area (Å²) in [5, 5.41) is 2.77. The van der Waals surface area contributed by atoms with Crippen LogP contribution in [0, 0.1) is 5.92 Å². The van der Waals surface area contributed by atoms with Crippen molar-refractivity contribution in [3.05, 3.63) is 29.6 Å². The van der Waals surface area contributed by atoms with Crippen molar-refractivity contribution in [1.29, 1.82) is 0 Å². The summed E-state index contributed by atoms with van der Waals surface area (Å²) in [6.07, 6.45) is 5.43. The molecule has 2 aliphatic heterocycles. The fourth-order valence-corrected chi connectivity index (χ4v) is 3.48. The quantitative estimate of drug-likeness (QED) is 0.913. The van der Waals surface area contributed by atoms with Gasteiger partial charge in [-0.1, -0.05) is 6.07 Å².